The Morgan fingerprint density at radius 1 is 1.35 bits per heavy atom. The van der Waals surface area contributed by atoms with E-state index in [0.717, 1.165) is 17.9 Å². The average Bonchev–Trinajstić information content (AvgIpc) is 2.46. The summed E-state index contributed by atoms with van der Waals surface area (Å²) < 4.78 is 5.07. The van der Waals surface area contributed by atoms with Crippen LogP contribution in [-0.4, -0.2) is 31.8 Å². The van der Waals surface area contributed by atoms with Crippen molar-refractivity contribution in [3.63, 3.8) is 0 Å². The van der Waals surface area contributed by atoms with Crippen LogP contribution in [0, 0.1) is 0 Å². The van der Waals surface area contributed by atoms with Crippen LogP contribution < -0.4 is 20.7 Å². The molecule has 110 valence electrons. The summed E-state index contributed by atoms with van der Waals surface area (Å²) in [6, 6.07) is 8.02. The van der Waals surface area contributed by atoms with Gasteiger partial charge in [0.1, 0.15) is 5.75 Å². The van der Waals surface area contributed by atoms with E-state index < -0.39 is 0 Å². The summed E-state index contributed by atoms with van der Waals surface area (Å²) in [6.45, 7) is 2.84. The number of nitrogens with one attached hydrogen (secondary N) is 3. The number of ether oxygens (including phenoxy) is 1. The minimum absolute atomic E-state index is 0.171. The molecule has 1 aliphatic rings. The molecule has 2 atom stereocenters. The largest absolute Gasteiger partial charge is 0.497 e. The van der Waals surface area contributed by atoms with Crippen molar-refractivity contribution < 1.29 is 9.53 Å². The molecule has 3 N–H and O–H groups in total. The zero-order valence-electron chi connectivity index (χ0n) is 12.1. The third-order valence-electron chi connectivity index (χ3n) is 3.57. The number of piperidine rings is 1. The van der Waals surface area contributed by atoms with Gasteiger partial charge in [0.2, 0.25) is 0 Å². The number of rotatable bonds is 4. The van der Waals surface area contributed by atoms with Gasteiger partial charge < -0.3 is 20.7 Å². The zero-order chi connectivity index (χ0) is 14.4. The minimum Gasteiger partial charge on any atom is -0.497 e. The summed E-state index contributed by atoms with van der Waals surface area (Å²) >= 11 is 0. The molecule has 2 amide bonds. The van der Waals surface area contributed by atoms with Crippen LogP contribution in [0.3, 0.4) is 0 Å². The number of hydrogen-bond acceptors (Lipinski definition) is 3. The molecular formula is C15H23N3O2. The van der Waals surface area contributed by atoms with Gasteiger partial charge in [0.15, 0.2) is 0 Å². The van der Waals surface area contributed by atoms with Gasteiger partial charge in [0.25, 0.3) is 0 Å². The highest BCUT2D eigenvalue weighted by atomic mass is 16.5. The molecule has 0 aromatic heterocycles. The number of urea groups is 1. The molecule has 2 unspecified atom stereocenters. The molecule has 1 aliphatic heterocycles. The third kappa shape index (κ3) is 4.42. The molecule has 1 heterocycles. The minimum atomic E-state index is -0.171. The van der Waals surface area contributed by atoms with Crippen molar-refractivity contribution in [1.82, 2.24) is 10.6 Å². The molecule has 5 nitrogen and oxygen atoms in total. The SMILES string of the molecule is COc1ccc(NC(=O)NCC2CCCC(C)N2)cc1. The van der Waals surface area contributed by atoms with E-state index in [2.05, 4.69) is 22.9 Å². The molecule has 2 rings (SSSR count). The van der Waals surface area contributed by atoms with E-state index in [1.54, 1.807) is 7.11 Å². The number of hydrogen-bond donors (Lipinski definition) is 3. The van der Waals surface area contributed by atoms with Gasteiger partial charge in [-0.05, 0) is 44.0 Å². The second-order valence-electron chi connectivity index (χ2n) is 5.26. The van der Waals surface area contributed by atoms with E-state index in [9.17, 15) is 4.79 Å². The number of methoxy groups -OCH3 is 1. The van der Waals surface area contributed by atoms with Gasteiger partial charge in [0, 0.05) is 24.3 Å². The summed E-state index contributed by atoms with van der Waals surface area (Å²) in [5.74, 6) is 0.774. The number of carbonyl (C=O) groups excluding carboxylic acids is 1. The summed E-state index contributed by atoms with van der Waals surface area (Å²) in [7, 11) is 1.62. The lowest BCUT2D eigenvalue weighted by molar-refractivity contribution is 0.248. The average molecular weight is 277 g/mol. The van der Waals surface area contributed by atoms with Gasteiger partial charge in [-0.1, -0.05) is 6.42 Å². The number of amides is 2. The first-order chi connectivity index (χ1) is 9.67. The van der Waals surface area contributed by atoms with Gasteiger partial charge in [-0.15, -0.1) is 0 Å². The topological polar surface area (TPSA) is 62.4 Å². The van der Waals surface area contributed by atoms with Crippen molar-refractivity contribution in [2.24, 2.45) is 0 Å². The summed E-state index contributed by atoms with van der Waals surface area (Å²) in [4.78, 5) is 11.8. The molecule has 0 spiro atoms. The molecule has 0 saturated carbocycles. The molecule has 20 heavy (non-hydrogen) atoms. The number of benzene rings is 1. The molecule has 1 fully saturated rings. The first-order valence-corrected chi connectivity index (χ1v) is 7.12. The highest BCUT2D eigenvalue weighted by molar-refractivity contribution is 5.89. The lowest BCUT2D eigenvalue weighted by Crippen LogP contribution is -2.47. The quantitative estimate of drug-likeness (QED) is 0.791. The second-order valence-corrected chi connectivity index (χ2v) is 5.26. The van der Waals surface area contributed by atoms with Crippen LogP contribution in [0.15, 0.2) is 24.3 Å². The summed E-state index contributed by atoms with van der Waals surface area (Å²) in [5.41, 5.74) is 0.758. The van der Waals surface area contributed by atoms with Crippen molar-refractivity contribution in [3.05, 3.63) is 24.3 Å². The molecule has 0 radical (unpaired) electrons. The molecule has 5 heteroatoms. The van der Waals surface area contributed by atoms with Gasteiger partial charge in [-0.2, -0.15) is 0 Å². The van der Waals surface area contributed by atoms with Crippen molar-refractivity contribution in [1.29, 1.82) is 0 Å². The summed E-state index contributed by atoms with van der Waals surface area (Å²) in [5, 5.41) is 9.21. The fraction of sp³-hybridized carbons (Fsp3) is 0.533. The Balaban J connectivity index is 1.74. The Kier molecular flexibility index (Phi) is 5.24. The fourth-order valence-corrected chi connectivity index (χ4v) is 2.47. The fourth-order valence-electron chi connectivity index (χ4n) is 2.47. The Labute approximate surface area is 120 Å². The van der Waals surface area contributed by atoms with Crippen LogP contribution in [-0.2, 0) is 0 Å². The van der Waals surface area contributed by atoms with Crippen molar-refractivity contribution >= 4 is 11.7 Å². The first-order valence-electron chi connectivity index (χ1n) is 7.12. The molecule has 0 bridgehead atoms. The molecule has 1 aromatic rings. The Morgan fingerprint density at radius 3 is 2.75 bits per heavy atom. The second kappa shape index (κ2) is 7.14. The predicted octanol–water partition coefficient (Wildman–Crippen LogP) is 2.35. The van der Waals surface area contributed by atoms with Crippen molar-refractivity contribution in [3.8, 4) is 5.75 Å². The molecular weight excluding hydrogens is 254 g/mol. The molecule has 1 saturated heterocycles. The van der Waals surface area contributed by atoms with Crippen LogP contribution >= 0.6 is 0 Å². The number of anilines is 1. The van der Waals surface area contributed by atoms with Gasteiger partial charge in [0.05, 0.1) is 7.11 Å². The van der Waals surface area contributed by atoms with Crippen LogP contribution in [0.25, 0.3) is 0 Å². The smallest absolute Gasteiger partial charge is 0.319 e. The van der Waals surface area contributed by atoms with E-state index in [-0.39, 0.29) is 6.03 Å². The van der Waals surface area contributed by atoms with Crippen molar-refractivity contribution in [2.75, 3.05) is 19.0 Å². The first kappa shape index (κ1) is 14.7. The Morgan fingerprint density at radius 2 is 2.10 bits per heavy atom. The monoisotopic (exact) mass is 277 g/mol. The van der Waals surface area contributed by atoms with Gasteiger partial charge in [-0.25, -0.2) is 4.79 Å². The Hall–Kier alpha value is -1.75. The van der Waals surface area contributed by atoms with E-state index in [1.165, 1.54) is 12.8 Å². The highest BCUT2D eigenvalue weighted by Gasteiger charge is 2.17. The van der Waals surface area contributed by atoms with E-state index in [0.29, 0.717) is 18.6 Å². The standard InChI is InChI=1S/C15H23N3O2/c1-11-4-3-5-13(17-11)10-16-15(19)18-12-6-8-14(20-2)9-7-12/h6-9,11,13,17H,3-5,10H2,1-2H3,(H2,16,18,19). The van der Waals surface area contributed by atoms with E-state index >= 15 is 0 Å². The lowest BCUT2D eigenvalue weighted by Gasteiger charge is -2.28. The third-order valence-corrected chi connectivity index (χ3v) is 3.57. The van der Waals surface area contributed by atoms with Crippen LogP contribution in [0.5, 0.6) is 5.75 Å². The van der Waals surface area contributed by atoms with Gasteiger partial charge in [-0.3, -0.25) is 0 Å². The summed E-state index contributed by atoms with van der Waals surface area (Å²) in [6.07, 6.45) is 3.56. The zero-order valence-corrected chi connectivity index (χ0v) is 12.1. The van der Waals surface area contributed by atoms with Crippen LogP contribution in [0.1, 0.15) is 26.2 Å². The normalized spacial score (nSPS) is 22.1. The van der Waals surface area contributed by atoms with Crippen LogP contribution in [0.2, 0.25) is 0 Å². The van der Waals surface area contributed by atoms with E-state index in [4.69, 9.17) is 4.74 Å². The maximum Gasteiger partial charge on any atom is 0.319 e. The van der Waals surface area contributed by atoms with Gasteiger partial charge >= 0.3 is 6.03 Å². The maximum absolute atomic E-state index is 11.8. The number of carbonyl (C=O) groups is 1. The maximum atomic E-state index is 11.8. The van der Waals surface area contributed by atoms with Crippen LogP contribution in [0.4, 0.5) is 10.5 Å². The van der Waals surface area contributed by atoms with Crippen molar-refractivity contribution in [2.45, 2.75) is 38.3 Å². The Bertz CT molecular complexity index is 433. The highest BCUT2D eigenvalue weighted by Crippen LogP contribution is 2.15. The molecule has 0 aliphatic carbocycles. The predicted molar refractivity (Wildman–Crippen MR) is 80.3 cm³/mol. The lowest BCUT2D eigenvalue weighted by atomic mass is 10.00. The molecule has 1 aromatic carbocycles. The van der Waals surface area contributed by atoms with E-state index in [1.807, 2.05) is 24.3 Å².